The smallest absolute Gasteiger partial charge is 0.266 e. The molecule has 2 aromatic rings. The van der Waals surface area contributed by atoms with Gasteiger partial charge < -0.3 is 5.32 Å². The second kappa shape index (κ2) is 5.80. The van der Waals surface area contributed by atoms with E-state index >= 15 is 0 Å². The fourth-order valence-electron chi connectivity index (χ4n) is 1.59. The average Bonchev–Trinajstić information content (AvgIpc) is 2.76. The molecule has 2 rings (SSSR count). The fraction of sp³-hybridized carbons (Fsp3) is 0.273. The van der Waals surface area contributed by atoms with E-state index in [1.54, 1.807) is 19.3 Å². The molecule has 0 saturated carbocycles. The van der Waals surface area contributed by atoms with Gasteiger partial charge in [-0.2, -0.15) is 5.10 Å². The van der Waals surface area contributed by atoms with Crippen LogP contribution in [0.4, 0.5) is 11.6 Å². The van der Waals surface area contributed by atoms with Gasteiger partial charge in [0.05, 0.1) is 0 Å². The zero-order valence-electron chi connectivity index (χ0n) is 11.0. The molecule has 20 heavy (non-hydrogen) atoms. The van der Waals surface area contributed by atoms with Crippen LogP contribution in [0.1, 0.15) is 6.92 Å². The molecule has 0 aromatic carbocycles. The summed E-state index contributed by atoms with van der Waals surface area (Å²) in [6.07, 6.45) is 3.19. The van der Waals surface area contributed by atoms with Crippen molar-refractivity contribution in [3.8, 4) is 0 Å². The predicted octanol–water partition coefficient (Wildman–Crippen LogP) is 1.81. The lowest BCUT2D eigenvalue weighted by Crippen LogP contribution is -2.16. The molecule has 7 nitrogen and oxygen atoms in total. The van der Waals surface area contributed by atoms with E-state index in [1.165, 1.54) is 16.9 Å². The first kappa shape index (κ1) is 14.8. The number of aryl methyl sites for hydroxylation is 1. The highest BCUT2D eigenvalue weighted by atomic mass is 79.9. The molecule has 2 heterocycles. The Balaban J connectivity index is 2.40. The summed E-state index contributed by atoms with van der Waals surface area (Å²) in [6, 6.07) is 3.08. The SMILES string of the molecule is CCNc1ncc(Br)cc1S(=O)(=O)Nc1ccn(C)n1. The molecule has 0 radical (unpaired) electrons. The summed E-state index contributed by atoms with van der Waals surface area (Å²) in [5.41, 5.74) is 0. The molecule has 0 spiro atoms. The Bertz CT molecular complexity index is 713. The van der Waals surface area contributed by atoms with Crippen LogP contribution in [-0.4, -0.2) is 29.7 Å². The van der Waals surface area contributed by atoms with Crippen molar-refractivity contribution in [2.45, 2.75) is 11.8 Å². The van der Waals surface area contributed by atoms with Crippen LogP contribution in [0.15, 0.2) is 33.9 Å². The number of pyridine rings is 1. The Labute approximate surface area is 125 Å². The average molecular weight is 360 g/mol. The van der Waals surface area contributed by atoms with Gasteiger partial charge in [0.1, 0.15) is 10.7 Å². The Hall–Kier alpha value is -1.61. The van der Waals surface area contributed by atoms with Crippen LogP contribution in [0.25, 0.3) is 0 Å². The lowest BCUT2D eigenvalue weighted by molar-refractivity contribution is 0.600. The monoisotopic (exact) mass is 359 g/mol. The van der Waals surface area contributed by atoms with E-state index in [4.69, 9.17) is 0 Å². The molecule has 0 unspecified atom stereocenters. The van der Waals surface area contributed by atoms with Gasteiger partial charge in [-0.3, -0.25) is 9.40 Å². The number of nitrogens with zero attached hydrogens (tertiary/aromatic N) is 3. The molecule has 0 aliphatic carbocycles. The molecule has 0 saturated heterocycles. The van der Waals surface area contributed by atoms with Crippen molar-refractivity contribution in [2.24, 2.45) is 7.05 Å². The maximum absolute atomic E-state index is 12.4. The molecule has 2 aromatic heterocycles. The third-order valence-electron chi connectivity index (χ3n) is 2.41. The number of hydrogen-bond acceptors (Lipinski definition) is 5. The van der Waals surface area contributed by atoms with E-state index < -0.39 is 10.0 Å². The van der Waals surface area contributed by atoms with Crippen LogP contribution in [0.3, 0.4) is 0 Å². The summed E-state index contributed by atoms with van der Waals surface area (Å²) in [6.45, 7) is 2.44. The van der Waals surface area contributed by atoms with Crippen molar-refractivity contribution >= 4 is 37.6 Å². The summed E-state index contributed by atoms with van der Waals surface area (Å²) < 4.78 is 29.3. The predicted molar refractivity (Wildman–Crippen MR) is 80.1 cm³/mol. The summed E-state index contributed by atoms with van der Waals surface area (Å²) in [5.74, 6) is 0.564. The maximum Gasteiger partial charge on any atom is 0.266 e. The second-order valence-corrected chi connectivity index (χ2v) is 6.58. The van der Waals surface area contributed by atoms with Gasteiger partial charge in [-0.15, -0.1) is 0 Å². The molecular formula is C11H14BrN5O2S. The topological polar surface area (TPSA) is 88.9 Å². The van der Waals surface area contributed by atoms with Crippen molar-refractivity contribution in [2.75, 3.05) is 16.6 Å². The van der Waals surface area contributed by atoms with Crippen LogP contribution < -0.4 is 10.0 Å². The van der Waals surface area contributed by atoms with E-state index in [0.717, 1.165) is 0 Å². The van der Waals surface area contributed by atoms with Gasteiger partial charge in [0.25, 0.3) is 10.0 Å². The van der Waals surface area contributed by atoms with Crippen LogP contribution in [-0.2, 0) is 17.1 Å². The highest BCUT2D eigenvalue weighted by Crippen LogP contribution is 2.24. The van der Waals surface area contributed by atoms with Gasteiger partial charge in [-0.05, 0) is 28.9 Å². The van der Waals surface area contributed by atoms with Crippen LogP contribution in [0.5, 0.6) is 0 Å². The van der Waals surface area contributed by atoms with E-state index in [-0.39, 0.29) is 10.7 Å². The minimum absolute atomic E-state index is 0.0689. The Morgan fingerprint density at radius 2 is 2.20 bits per heavy atom. The zero-order valence-corrected chi connectivity index (χ0v) is 13.4. The van der Waals surface area contributed by atoms with Gasteiger partial charge in [0, 0.05) is 36.5 Å². The van der Waals surface area contributed by atoms with Crippen molar-refractivity contribution in [3.63, 3.8) is 0 Å². The highest BCUT2D eigenvalue weighted by molar-refractivity contribution is 9.10. The number of halogens is 1. The Morgan fingerprint density at radius 3 is 2.80 bits per heavy atom. The largest absolute Gasteiger partial charge is 0.369 e. The molecule has 0 atom stereocenters. The number of sulfonamides is 1. The number of nitrogens with one attached hydrogen (secondary N) is 2. The van der Waals surface area contributed by atoms with E-state index in [0.29, 0.717) is 16.8 Å². The molecular weight excluding hydrogens is 346 g/mol. The minimum Gasteiger partial charge on any atom is -0.369 e. The molecule has 9 heteroatoms. The number of rotatable bonds is 5. The Morgan fingerprint density at radius 1 is 1.45 bits per heavy atom. The van der Waals surface area contributed by atoms with Crippen molar-refractivity contribution in [3.05, 3.63) is 29.0 Å². The first-order chi connectivity index (χ1) is 9.42. The van der Waals surface area contributed by atoms with Crippen molar-refractivity contribution in [1.82, 2.24) is 14.8 Å². The summed E-state index contributed by atoms with van der Waals surface area (Å²) in [4.78, 5) is 4.15. The van der Waals surface area contributed by atoms with Crippen LogP contribution in [0.2, 0.25) is 0 Å². The first-order valence-corrected chi connectivity index (χ1v) is 8.12. The lowest BCUT2D eigenvalue weighted by Gasteiger charge is -2.11. The molecule has 2 N–H and O–H groups in total. The quantitative estimate of drug-likeness (QED) is 0.849. The van der Waals surface area contributed by atoms with Gasteiger partial charge in [0.15, 0.2) is 5.82 Å². The third-order valence-corrected chi connectivity index (χ3v) is 4.21. The standard InChI is InChI=1S/C11H14BrN5O2S/c1-3-13-11-9(6-8(12)7-14-11)20(18,19)16-10-4-5-17(2)15-10/h4-7H,3H2,1-2H3,(H,13,14)(H,15,16). The van der Waals surface area contributed by atoms with Crippen molar-refractivity contribution < 1.29 is 8.42 Å². The van der Waals surface area contributed by atoms with Gasteiger partial charge in [-0.25, -0.2) is 13.4 Å². The molecule has 108 valence electrons. The minimum atomic E-state index is -3.76. The molecule has 0 bridgehead atoms. The Kier molecular flexibility index (Phi) is 4.29. The van der Waals surface area contributed by atoms with Crippen LogP contribution >= 0.6 is 15.9 Å². The normalized spacial score (nSPS) is 11.3. The number of anilines is 2. The van der Waals surface area contributed by atoms with Gasteiger partial charge >= 0.3 is 0 Å². The van der Waals surface area contributed by atoms with Gasteiger partial charge in [-0.1, -0.05) is 0 Å². The zero-order chi connectivity index (χ0) is 14.8. The second-order valence-electron chi connectivity index (χ2n) is 4.01. The summed E-state index contributed by atoms with van der Waals surface area (Å²) >= 11 is 3.23. The van der Waals surface area contributed by atoms with Gasteiger partial charge in [0.2, 0.25) is 0 Å². The summed E-state index contributed by atoms with van der Waals surface area (Å²) in [5, 5.41) is 6.92. The molecule has 0 amide bonds. The number of aromatic nitrogens is 3. The molecule has 0 fully saturated rings. The van der Waals surface area contributed by atoms with E-state index in [9.17, 15) is 8.42 Å². The highest BCUT2D eigenvalue weighted by Gasteiger charge is 2.21. The van der Waals surface area contributed by atoms with Crippen LogP contribution in [0, 0.1) is 0 Å². The molecule has 0 aliphatic rings. The third kappa shape index (κ3) is 3.28. The maximum atomic E-state index is 12.4. The lowest BCUT2D eigenvalue weighted by atomic mass is 10.4. The first-order valence-electron chi connectivity index (χ1n) is 5.84. The van der Waals surface area contributed by atoms with Crippen molar-refractivity contribution in [1.29, 1.82) is 0 Å². The van der Waals surface area contributed by atoms with E-state index in [2.05, 4.69) is 36.1 Å². The summed E-state index contributed by atoms with van der Waals surface area (Å²) in [7, 11) is -2.05. The number of hydrogen-bond donors (Lipinski definition) is 2. The fourth-order valence-corrected chi connectivity index (χ4v) is 3.23. The molecule has 0 aliphatic heterocycles. The van der Waals surface area contributed by atoms with E-state index in [1.807, 2.05) is 6.92 Å².